The van der Waals surface area contributed by atoms with E-state index in [9.17, 15) is 33.1 Å². The highest BCUT2D eigenvalue weighted by Crippen LogP contribution is 2.52. The molecule has 40 heavy (non-hydrogen) atoms. The van der Waals surface area contributed by atoms with Crippen molar-refractivity contribution < 1.29 is 27.9 Å². The van der Waals surface area contributed by atoms with Gasteiger partial charge >= 0.3 is 6.18 Å². The maximum absolute atomic E-state index is 14.6. The number of carbonyl (C=O) groups excluding carboxylic acids is 2. The Balaban J connectivity index is 1.79. The first-order valence-electron chi connectivity index (χ1n) is 11.9. The summed E-state index contributed by atoms with van der Waals surface area (Å²) in [7, 11) is 0. The van der Waals surface area contributed by atoms with Crippen molar-refractivity contribution >= 4 is 52.1 Å². The zero-order valence-electron chi connectivity index (χ0n) is 21.2. The summed E-state index contributed by atoms with van der Waals surface area (Å²) in [5.41, 5.74) is -1.64. The lowest BCUT2D eigenvalue weighted by Crippen LogP contribution is -2.66. The van der Waals surface area contributed by atoms with Crippen LogP contribution in [0, 0.1) is 31.1 Å². The van der Waals surface area contributed by atoms with Crippen LogP contribution in [0.1, 0.15) is 32.3 Å². The van der Waals surface area contributed by atoms with Gasteiger partial charge in [0.2, 0.25) is 11.6 Å². The number of amides is 1. The molecular weight excluding hydrogens is 583 g/mol. The third-order valence-corrected chi connectivity index (χ3v) is 8.73. The third-order valence-electron chi connectivity index (χ3n) is 6.49. The standard InChI is InChI=1S/C28H23ClF3N3O3S2/c1-15-9-10-20(16(2)12-15)34-22(36)14-40-26-18(13-33)23(17-6-3-4-7-19(17)29)24(25(37)21-8-5-11-39-21)27(38,35-26)28(30,31)32/h3-12,23-24,35,38H,14H2,1-2H3,(H,34,36)/t23-,24-,27+/m0/s1. The van der Waals surface area contributed by atoms with Crippen molar-refractivity contribution in [2.45, 2.75) is 31.7 Å². The van der Waals surface area contributed by atoms with Crippen molar-refractivity contribution in [3.8, 4) is 6.07 Å². The Kier molecular flexibility index (Phi) is 8.66. The smallest absolute Gasteiger partial charge is 0.363 e. The lowest BCUT2D eigenvalue weighted by atomic mass is 9.70. The number of aryl methyl sites for hydroxylation is 2. The monoisotopic (exact) mass is 605 g/mol. The lowest BCUT2D eigenvalue weighted by molar-refractivity contribution is -0.285. The van der Waals surface area contributed by atoms with Gasteiger partial charge in [-0.25, -0.2) is 0 Å². The molecule has 0 saturated carbocycles. The van der Waals surface area contributed by atoms with Crippen LogP contribution in [0.2, 0.25) is 5.02 Å². The van der Waals surface area contributed by atoms with Crippen LogP contribution < -0.4 is 10.6 Å². The fraction of sp³-hybridized carbons (Fsp3) is 0.250. The number of alkyl halides is 3. The Morgan fingerprint density at radius 2 is 1.93 bits per heavy atom. The van der Waals surface area contributed by atoms with Gasteiger partial charge in [0.1, 0.15) is 0 Å². The summed E-state index contributed by atoms with van der Waals surface area (Å²) in [5, 5.41) is 27.3. The van der Waals surface area contributed by atoms with Crippen LogP contribution >= 0.6 is 34.7 Å². The average Bonchev–Trinajstić information content (AvgIpc) is 3.43. The van der Waals surface area contributed by atoms with Crippen LogP contribution in [0.5, 0.6) is 0 Å². The molecule has 0 spiro atoms. The molecule has 0 aliphatic carbocycles. The molecular formula is C28H23ClF3N3O3S2. The predicted octanol–water partition coefficient (Wildman–Crippen LogP) is 6.56. The van der Waals surface area contributed by atoms with Gasteiger partial charge in [-0.05, 0) is 48.6 Å². The van der Waals surface area contributed by atoms with Gasteiger partial charge in [0, 0.05) is 16.6 Å². The molecule has 2 aromatic carbocycles. The van der Waals surface area contributed by atoms with Crippen molar-refractivity contribution in [2.75, 3.05) is 11.1 Å². The molecule has 208 valence electrons. The minimum atomic E-state index is -5.35. The van der Waals surface area contributed by atoms with E-state index in [4.69, 9.17) is 11.6 Å². The zero-order chi connectivity index (χ0) is 29.2. The molecule has 1 aromatic heterocycles. The van der Waals surface area contributed by atoms with E-state index in [1.165, 1.54) is 35.7 Å². The second-order valence-corrected chi connectivity index (χ2v) is 11.6. The number of ketones is 1. The molecule has 1 aliphatic rings. The van der Waals surface area contributed by atoms with Crippen LogP contribution in [0.3, 0.4) is 0 Å². The second kappa shape index (κ2) is 11.7. The summed E-state index contributed by atoms with van der Waals surface area (Å²) in [4.78, 5) is 26.3. The highest BCUT2D eigenvalue weighted by atomic mass is 35.5. The maximum atomic E-state index is 14.6. The van der Waals surface area contributed by atoms with Crippen molar-refractivity contribution in [1.29, 1.82) is 5.26 Å². The van der Waals surface area contributed by atoms with Crippen molar-refractivity contribution in [1.82, 2.24) is 5.32 Å². The molecule has 0 saturated heterocycles. The third kappa shape index (κ3) is 5.76. The number of benzene rings is 2. The van der Waals surface area contributed by atoms with Gasteiger partial charge in [0.25, 0.3) is 0 Å². The van der Waals surface area contributed by atoms with Crippen LogP contribution in [0.25, 0.3) is 0 Å². The number of anilines is 1. The molecule has 6 nitrogen and oxygen atoms in total. The molecule has 3 N–H and O–H groups in total. The topological polar surface area (TPSA) is 102 Å². The van der Waals surface area contributed by atoms with Crippen molar-refractivity contribution in [3.63, 3.8) is 0 Å². The number of nitrogens with one attached hydrogen (secondary N) is 2. The summed E-state index contributed by atoms with van der Waals surface area (Å²) in [6.45, 7) is 3.70. The van der Waals surface area contributed by atoms with Gasteiger partial charge in [0.05, 0.1) is 33.2 Å². The number of halogens is 4. The van der Waals surface area contributed by atoms with Gasteiger partial charge < -0.3 is 15.7 Å². The quantitative estimate of drug-likeness (QED) is 0.264. The molecule has 12 heteroatoms. The predicted molar refractivity (Wildman–Crippen MR) is 150 cm³/mol. The van der Waals surface area contributed by atoms with Gasteiger partial charge in [0.15, 0.2) is 5.78 Å². The summed E-state index contributed by atoms with van der Waals surface area (Å²) < 4.78 is 43.9. The fourth-order valence-electron chi connectivity index (χ4n) is 4.60. The van der Waals surface area contributed by atoms with Crippen LogP contribution in [0.15, 0.2) is 70.6 Å². The molecule has 1 amide bonds. The van der Waals surface area contributed by atoms with Crippen LogP contribution in [-0.4, -0.2) is 34.5 Å². The van der Waals surface area contributed by atoms with Crippen molar-refractivity contribution in [2.24, 2.45) is 5.92 Å². The minimum absolute atomic E-state index is 0.0206. The maximum Gasteiger partial charge on any atom is 0.437 e. The number of hydrogen-bond acceptors (Lipinski definition) is 7. The number of rotatable bonds is 7. The van der Waals surface area contributed by atoms with Crippen LogP contribution in [-0.2, 0) is 4.79 Å². The number of hydrogen-bond donors (Lipinski definition) is 3. The Labute approximate surface area is 241 Å². The molecule has 4 rings (SSSR count). The van der Waals surface area contributed by atoms with E-state index in [0.29, 0.717) is 17.4 Å². The first-order valence-corrected chi connectivity index (χ1v) is 14.1. The molecule has 2 heterocycles. The zero-order valence-corrected chi connectivity index (χ0v) is 23.6. The molecule has 0 radical (unpaired) electrons. The fourth-order valence-corrected chi connectivity index (χ4v) is 6.46. The Morgan fingerprint density at radius 1 is 1.20 bits per heavy atom. The highest BCUT2D eigenvalue weighted by Gasteiger charge is 2.66. The summed E-state index contributed by atoms with van der Waals surface area (Å²) in [6.07, 6.45) is -5.35. The number of Topliss-reactive ketones (excluding diaryl/α,β-unsaturated/α-hetero) is 1. The van der Waals surface area contributed by atoms with Crippen LogP contribution in [0.4, 0.5) is 18.9 Å². The van der Waals surface area contributed by atoms with Gasteiger partial charge in [-0.2, -0.15) is 18.4 Å². The molecule has 0 bridgehead atoms. The van der Waals surface area contributed by atoms with E-state index in [0.717, 1.165) is 22.5 Å². The second-order valence-electron chi connectivity index (χ2n) is 9.22. The molecule has 1 aliphatic heterocycles. The van der Waals surface area contributed by atoms with Gasteiger partial charge in [-0.1, -0.05) is 65.3 Å². The first-order chi connectivity index (χ1) is 18.9. The van der Waals surface area contributed by atoms with Gasteiger partial charge in [-0.15, -0.1) is 11.3 Å². The molecule has 0 unspecified atom stereocenters. The first kappa shape index (κ1) is 29.7. The number of thiophene rings is 1. The Bertz CT molecular complexity index is 1520. The molecule has 3 aromatic rings. The van der Waals surface area contributed by atoms with E-state index in [1.54, 1.807) is 25.1 Å². The number of nitrogens with zero attached hydrogens (tertiary/aromatic N) is 1. The summed E-state index contributed by atoms with van der Waals surface area (Å²) in [5.74, 6) is -5.67. The van der Waals surface area contributed by atoms with E-state index in [2.05, 4.69) is 5.32 Å². The number of allylic oxidation sites excluding steroid dienone is 1. The number of thioether (sulfide) groups is 1. The average molecular weight is 606 g/mol. The number of carbonyl (C=O) groups is 2. The minimum Gasteiger partial charge on any atom is -0.363 e. The lowest BCUT2D eigenvalue weighted by Gasteiger charge is -2.45. The number of aliphatic hydroxyl groups is 1. The van der Waals surface area contributed by atoms with Gasteiger partial charge in [-0.3, -0.25) is 9.59 Å². The SMILES string of the molecule is Cc1ccc(NC(=O)CSC2=C(C#N)[C@H](c3ccccc3Cl)[C@@H](C(=O)c3cccs3)[C@@](O)(C(F)(F)F)N2)c(C)c1. The van der Waals surface area contributed by atoms with E-state index < -0.39 is 35.4 Å². The van der Waals surface area contributed by atoms with E-state index in [1.807, 2.05) is 24.4 Å². The highest BCUT2D eigenvalue weighted by molar-refractivity contribution is 8.03. The largest absolute Gasteiger partial charge is 0.437 e. The van der Waals surface area contributed by atoms with E-state index >= 15 is 0 Å². The Morgan fingerprint density at radius 3 is 2.52 bits per heavy atom. The van der Waals surface area contributed by atoms with E-state index in [-0.39, 0.29) is 31.8 Å². The molecule has 0 fully saturated rings. The summed E-state index contributed by atoms with van der Waals surface area (Å²) >= 11 is 7.92. The normalized spacial score (nSPS) is 20.9. The number of nitriles is 1. The molecule has 3 atom stereocenters. The Hall–Kier alpha value is -3.30. The summed E-state index contributed by atoms with van der Waals surface area (Å²) in [6, 6.07) is 16.1. The van der Waals surface area contributed by atoms with Crippen molar-refractivity contribution in [3.05, 3.63) is 97.2 Å².